The minimum absolute atomic E-state index is 0.231. The van der Waals surface area contributed by atoms with E-state index >= 15 is 0 Å². The predicted octanol–water partition coefficient (Wildman–Crippen LogP) is 3.23. The van der Waals surface area contributed by atoms with Crippen LogP contribution in [0.4, 0.5) is 0 Å². The van der Waals surface area contributed by atoms with Gasteiger partial charge in [0.25, 0.3) is 0 Å². The lowest BCUT2D eigenvalue weighted by Crippen LogP contribution is -2.53. The number of hydrogen-bond donors (Lipinski definition) is 0. The van der Waals surface area contributed by atoms with Crippen molar-refractivity contribution in [3.05, 3.63) is 34.1 Å². The Hall–Kier alpha value is -1.85. The summed E-state index contributed by atoms with van der Waals surface area (Å²) in [4.78, 5) is 29.2. The second-order valence-electron chi connectivity index (χ2n) is 7.45. The fraction of sp³-hybridized carbons (Fsp3) is 0.500. The summed E-state index contributed by atoms with van der Waals surface area (Å²) in [7, 11) is 0. The van der Waals surface area contributed by atoms with Crippen LogP contribution in [0.1, 0.15) is 25.1 Å². The molecule has 1 aromatic heterocycles. The Morgan fingerprint density at radius 3 is 2.66 bits per heavy atom. The van der Waals surface area contributed by atoms with Gasteiger partial charge in [0.1, 0.15) is 12.4 Å². The molecule has 0 radical (unpaired) electrons. The van der Waals surface area contributed by atoms with E-state index in [1.54, 1.807) is 28.6 Å². The van der Waals surface area contributed by atoms with Crippen LogP contribution in [0.15, 0.2) is 23.4 Å². The summed E-state index contributed by atoms with van der Waals surface area (Å²) >= 11 is 13.7. The van der Waals surface area contributed by atoms with Crippen LogP contribution >= 0.6 is 35.0 Å². The quantitative estimate of drug-likeness (QED) is 0.234. The average Bonchev–Trinajstić information content (AvgIpc) is 3.25. The smallest absolute Gasteiger partial charge is 0.388 e. The van der Waals surface area contributed by atoms with Crippen molar-refractivity contribution in [3.63, 3.8) is 0 Å². The van der Waals surface area contributed by atoms with Crippen LogP contribution in [0.3, 0.4) is 0 Å². The highest BCUT2D eigenvalue weighted by molar-refractivity contribution is 7.99. The van der Waals surface area contributed by atoms with Crippen molar-refractivity contribution in [1.82, 2.24) is 19.7 Å². The number of aromatic nitrogens is 3. The van der Waals surface area contributed by atoms with Gasteiger partial charge in [-0.15, -0.1) is 5.10 Å². The van der Waals surface area contributed by atoms with Crippen LogP contribution in [-0.4, -0.2) is 69.6 Å². The molecular formula is C20H22Cl2N4O5S. The molecule has 0 N–H and O–H groups in total. The van der Waals surface area contributed by atoms with Crippen molar-refractivity contribution in [2.24, 2.45) is 0 Å². The van der Waals surface area contributed by atoms with E-state index in [9.17, 15) is 9.59 Å². The first kappa shape index (κ1) is 23.3. The number of nitrogens with zero attached hydrogens (tertiary/aromatic N) is 4. The van der Waals surface area contributed by atoms with Crippen molar-refractivity contribution in [2.45, 2.75) is 37.3 Å². The Kier molecular flexibility index (Phi) is 7.26. The highest BCUT2D eigenvalue weighted by atomic mass is 35.5. The highest BCUT2D eigenvalue weighted by Gasteiger charge is 2.52. The largest absolute Gasteiger partial charge is 0.422 e. The number of hydrogen-bond acceptors (Lipinski definition) is 9. The predicted molar refractivity (Wildman–Crippen MR) is 118 cm³/mol. The topological polar surface area (TPSA) is 95.8 Å². The standard InChI is InChI=1S/C20H22Cl2N4O5S/c1-13-23-19(24-26(13)14-5-6-15(21)16(22)11-14)32-10-4-2-3-7-25-8-9-29-20(12-25)30-17(27)18(28)31-20/h5-6,11H,2-4,7-10,12H2,1H3. The highest BCUT2D eigenvalue weighted by Crippen LogP contribution is 2.28. The van der Waals surface area contributed by atoms with Gasteiger partial charge in [0.2, 0.25) is 5.16 Å². The van der Waals surface area contributed by atoms with Gasteiger partial charge in [0.15, 0.2) is 0 Å². The third-order valence-corrected chi connectivity index (χ3v) is 6.72. The maximum absolute atomic E-state index is 11.3. The van der Waals surface area contributed by atoms with E-state index in [0.717, 1.165) is 43.1 Å². The van der Waals surface area contributed by atoms with Gasteiger partial charge in [0.05, 0.1) is 22.3 Å². The lowest BCUT2D eigenvalue weighted by atomic mass is 10.2. The van der Waals surface area contributed by atoms with Gasteiger partial charge in [-0.05, 0) is 44.5 Å². The molecule has 172 valence electrons. The van der Waals surface area contributed by atoms with Crippen molar-refractivity contribution in [2.75, 3.05) is 32.0 Å². The Labute approximate surface area is 199 Å². The minimum atomic E-state index is -1.57. The lowest BCUT2D eigenvalue weighted by Gasteiger charge is -2.36. The Balaban J connectivity index is 1.18. The van der Waals surface area contributed by atoms with E-state index in [1.165, 1.54) is 0 Å². The van der Waals surface area contributed by atoms with E-state index in [0.29, 0.717) is 28.4 Å². The summed E-state index contributed by atoms with van der Waals surface area (Å²) in [6, 6.07) is 5.36. The second kappa shape index (κ2) is 9.96. The lowest BCUT2D eigenvalue weighted by molar-refractivity contribution is -0.338. The minimum Gasteiger partial charge on any atom is -0.388 e. The van der Waals surface area contributed by atoms with E-state index in [2.05, 4.69) is 15.0 Å². The normalized spacial score (nSPS) is 18.2. The number of esters is 2. The third kappa shape index (κ3) is 5.37. The molecule has 0 unspecified atom stereocenters. The third-order valence-electron chi connectivity index (χ3n) is 5.06. The van der Waals surface area contributed by atoms with Gasteiger partial charge in [-0.3, -0.25) is 4.90 Å². The molecule has 9 nitrogen and oxygen atoms in total. The number of thioether (sulfide) groups is 1. The van der Waals surface area contributed by atoms with Crippen LogP contribution in [-0.2, 0) is 23.8 Å². The van der Waals surface area contributed by atoms with Crippen LogP contribution in [0, 0.1) is 6.92 Å². The molecule has 3 heterocycles. The first-order valence-corrected chi connectivity index (χ1v) is 11.9. The molecule has 1 aromatic carbocycles. The van der Waals surface area contributed by atoms with Gasteiger partial charge in [-0.25, -0.2) is 19.3 Å². The van der Waals surface area contributed by atoms with Gasteiger partial charge in [-0.2, -0.15) is 0 Å². The van der Waals surface area contributed by atoms with Crippen molar-refractivity contribution in [3.8, 4) is 5.69 Å². The molecule has 0 atom stereocenters. The summed E-state index contributed by atoms with van der Waals surface area (Å²) < 4.78 is 17.1. The zero-order valence-electron chi connectivity index (χ0n) is 17.4. The molecule has 2 aliphatic rings. The molecular weight excluding hydrogens is 479 g/mol. The number of morpholine rings is 1. The van der Waals surface area contributed by atoms with E-state index in [1.807, 2.05) is 13.0 Å². The van der Waals surface area contributed by atoms with E-state index in [4.69, 9.17) is 37.4 Å². The number of unbranched alkanes of at least 4 members (excludes halogenated alkanes) is 2. The van der Waals surface area contributed by atoms with E-state index in [-0.39, 0.29) is 6.54 Å². The zero-order valence-corrected chi connectivity index (χ0v) is 19.7. The molecule has 0 saturated carbocycles. The second-order valence-corrected chi connectivity index (χ2v) is 9.32. The van der Waals surface area contributed by atoms with Crippen molar-refractivity contribution < 1.29 is 23.8 Å². The molecule has 0 bridgehead atoms. The van der Waals surface area contributed by atoms with Gasteiger partial charge in [-0.1, -0.05) is 41.4 Å². The molecule has 1 spiro atoms. The van der Waals surface area contributed by atoms with Crippen LogP contribution in [0.5, 0.6) is 0 Å². The van der Waals surface area contributed by atoms with Gasteiger partial charge < -0.3 is 14.2 Å². The maximum Gasteiger partial charge on any atom is 0.422 e. The number of aryl methyl sites for hydroxylation is 1. The Bertz CT molecular complexity index is 1000. The number of carbonyl (C=O) groups excluding carboxylic acids is 2. The van der Waals surface area contributed by atoms with Crippen molar-refractivity contribution >= 4 is 46.9 Å². The van der Waals surface area contributed by atoms with Gasteiger partial charge >= 0.3 is 17.9 Å². The fourth-order valence-electron chi connectivity index (χ4n) is 3.50. The number of halogens is 2. The Morgan fingerprint density at radius 1 is 1.12 bits per heavy atom. The summed E-state index contributed by atoms with van der Waals surface area (Å²) in [5.41, 5.74) is 0.818. The summed E-state index contributed by atoms with van der Waals surface area (Å²) in [6.45, 7) is 3.96. The summed E-state index contributed by atoms with van der Waals surface area (Å²) in [6.07, 6.45) is 2.98. The first-order chi connectivity index (χ1) is 15.3. The number of ether oxygens (including phenoxy) is 3. The molecule has 2 saturated heterocycles. The van der Waals surface area contributed by atoms with Crippen LogP contribution < -0.4 is 0 Å². The summed E-state index contributed by atoms with van der Waals surface area (Å²) in [5.74, 6) is -1.91. The van der Waals surface area contributed by atoms with Crippen LogP contribution in [0.2, 0.25) is 10.0 Å². The van der Waals surface area contributed by atoms with Gasteiger partial charge in [0, 0.05) is 12.3 Å². The zero-order chi connectivity index (χ0) is 22.7. The number of rotatable bonds is 8. The monoisotopic (exact) mass is 500 g/mol. The molecule has 2 aromatic rings. The molecule has 0 amide bonds. The molecule has 2 fully saturated rings. The molecule has 12 heteroatoms. The molecule has 32 heavy (non-hydrogen) atoms. The molecule has 4 rings (SSSR count). The maximum atomic E-state index is 11.3. The summed E-state index contributed by atoms with van der Waals surface area (Å²) in [5, 5.41) is 6.25. The van der Waals surface area contributed by atoms with Crippen molar-refractivity contribution in [1.29, 1.82) is 0 Å². The SMILES string of the molecule is Cc1nc(SCCCCCN2CCOC3(C2)OC(=O)C(=O)O3)nn1-c1ccc(Cl)c(Cl)c1. The van der Waals surface area contributed by atoms with E-state index < -0.39 is 17.9 Å². The van der Waals surface area contributed by atoms with Crippen LogP contribution in [0.25, 0.3) is 5.69 Å². The molecule has 0 aliphatic carbocycles. The molecule has 2 aliphatic heterocycles. The first-order valence-electron chi connectivity index (χ1n) is 10.2. The fourth-order valence-corrected chi connectivity index (χ4v) is 4.66. The number of carbonyl (C=O) groups is 2. The number of benzene rings is 1. The Morgan fingerprint density at radius 2 is 1.91 bits per heavy atom. The average molecular weight is 501 g/mol.